The largest absolute Gasteiger partial charge is 0.243 e. The zero-order valence-electron chi connectivity index (χ0n) is 11.8. The standard InChI is InChI=1S/C16H21NO2S/c1-15-9-11-16(12-10-15)20(18,19)17-13-7-5-3-2-4-6-8-14-17/h5-12H,2-4,13-14H2,1H3/b7-5-,8-6+. The average Bonchev–Trinajstić information content (AvgIpc) is 2.45. The van der Waals surface area contributed by atoms with Crippen LogP contribution in [-0.2, 0) is 10.0 Å². The molecule has 20 heavy (non-hydrogen) atoms. The topological polar surface area (TPSA) is 37.4 Å². The molecule has 0 saturated carbocycles. The Morgan fingerprint density at radius 1 is 0.900 bits per heavy atom. The molecular formula is C16H21NO2S. The van der Waals surface area contributed by atoms with E-state index in [1.165, 1.54) is 4.31 Å². The molecular weight excluding hydrogens is 270 g/mol. The zero-order chi connectivity index (χ0) is 14.4. The number of aryl methyl sites for hydroxylation is 1. The van der Waals surface area contributed by atoms with Gasteiger partial charge in [0.1, 0.15) is 0 Å². The average molecular weight is 291 g/mol. The number of rotatable bonds is 2. The lowest BCUT2D eigenvalue weighted by Crippen LogP contribution is -2.31. The van der Waals surface area contributed by atoms with Gasteiger partial charge in [0.15, 0.2) is 0 Å². The van der Waals surface area contributed by atoms with Gasteiger partial charge in [-0.1, -0.05) is 42.0 Å². The van der Waals surface area contributed by atoms with Crippen molar-refractivity contribution in [2.75, 3.05) is 13.1 Å². The molecule has 0 N–H and O–H groups in total. The van der Waals surface area contributed by atoms with Gasteiger partial charge in [0.25, 0.3) is 0 Å². The second-order valence-corrected chi connectivity index (χ2v) is 6.95. The lowest BCUT2D eigenvalue weighted by molar-refractivity contribution is 0.472. The van der Waals surface area contributed by atoms with Crippen molar-refractivity contribution < 1.29 is 8.42 Å². The van der Waals surface area contributed by atoms with E-state index in [2.05, 4.69) is 12.2 Å². The Morgan fingerprint density at radius 2 is 1.45 bits per heavy atom. The fourth-order valence-electron chi connectivity index (χ4n) is 2.10. The molecule has 1 aromatic carbocycles. The summed E-state index contributed by atoms with van der Waals surface area (Å²) in [5, 5.41) is 0. The van der Waals surface area contributed by atoms with Gasteiger partial charge in [0.05, 0.1) is 4.90 Å². The van der Waals surface area contributed by atoms with Crippen LogP contribution in [0.25, 0.3) is 0 Å². The number of benzene rings is 1. The first-order chi connectivity index (χ1) is 9.60. The lowest BCUT2D eigenvalue weighted by Gasteiger charge is -2.19. The molecule has 0 unspecified atom stereocenters. The van der Waals surface area contributed by atoms with Crippen molar-refractivity contribution in [1.82, 2.24) is 4.31 Å². The molecule has 1 heterocycles. The highest BCUT2D eigenvalue weighted by Crippen LogP contribution is 2.17. The van der Waals surface area contributed by atoms with Crippen LogP contribution in [0.3, 0.4) is 0 Å². The van der Waals surface area contributed by atoms with E-state index in [4.69, 9.17) is 0 Å². The van der Waals surface area contributed by atoms with Gasteiger partial charge in [0.2, 0.25) is 10.0 Å². The first-order valence-corrected chi connectivity index (χ1v) is 8.41. The van der Waals surface area contributed by atoms with Crippen molar-refractivity contribution >= 4 is 10.0 Å². The minimum Gasteiger partial charge on any atom is -0.207 e. The molecule has 4 heteroatoms. The fraction of sp³-hybridized carbons (Fsp3) is 0.375. The Hall–Kier alpha value is -1.39. The molecule has 3 nitrogen and oxygen atoms in total. The molecule has 1 aromatic rings. The van der Waals surface area contributed by atoms with E-state index in [0.717, 1.165) is 24.8 Å². The Balaban J connectivity index is 2.25. The third-order valence-electron chi connectivity index (χ3n) is 3.35. The van der Waals surface area contributed by atoms with Crippen LogP contribution in [0.5, 0.6) is 0 Å². The van der Waals surface area contributed by atoms with E-state index < -0.39 is 10.0 Å². The lowest BCUT2D eigenvalue weighted by atomic mass is 10.2. The van der Waals surface area contributed by atoms with Crippen molar-refractivity contribution in [3.63, 3.8) is 0 Å². The van der Waals surface area contributed by atoms with Crippen molar-refractivity contribution in [3.05, 3.63) is 54.1 Å². The second-order valence-electron chi connectivity index (χ2n) is 5.01. The van der Waals surface area contributed by atoms with E-state index in [-0.39, 0.29) is 0 Å². The Kier molecular flexibility index (Phi) is 5.15. The maximum absolute atomic E-state index is 12.6. The van der Waals surface area contributed by atoms with Crippen LogP contribution in [0.4, 0.5) is 0 Å². The molecule has 0 saturated heterocycles. The predicted octanol–water partition coefficient (Wildman–Crippen LogP) is 3.28. The molecule has 0 aliphatic carbocycles. The van der Waals surface area contributed by atoms with E-state index in [0.29, 0.717) is 18.0 Å². The molecule has 0 fully saturated rings. The Labute approximate surface area is 121 Å². The third-order valence-corrected chi connectivity index (χ3v) is 5.20. The molecule has 0 amide bonds. The van der Waals surface area contributed by atoms with E-state index in [1.807, 2.05) is 31.2 Å². The maximum atomic E-state index is 12.6. The number of nitrogens with zero attached hydrogens (tertiary/aromatic N) is 1. The predicted molar refractivity (Wildman–Crippen MR) is 82.1 cm³/mol. The van der Waals surface area contributed by atoms with Gasteiger partial charge in [-0.2, -0.15) is 4.31 Å². The zero-order valence-corrected chi connectivity index (χ0v) is 12.6. The summed E-state index contributed by atoms with van der Waals surface area (Å²) in [6, 6.07) is 7.02. The van der Waals surface area contributed by atoms with Crippen molar-refractivity contribution in [3.8, 4) is 0 Å². The van der Waals surface area contributed by atoms with Crippen LogP contribution in [0, 0.1) is 6.92 Å². The van der Waals surface area contributed by atoms with E-state index in [9.17, 15) is 8.42 Å². The molecule has 1 aliphatic rings. The van der Waals surface area contributed by atoms with Crippen molar-refractivity contribution in [2.45, 2.75) is 31.1 Å². The molecule has 2 rings (SSSR count). The number of allylic oxidation sites excluding steroid dienone is 2. The number of hydrogen-bond acceptors (Lipinski definition) is 2. The van der Waals surface area contributed by atoms with Crippen LogP contribution in [-0.4, -0.2) is 25.8 Å². The highest BCUT2D eigenvalue weighted by molar-refractivity contribution is 7.89. The first kappa shape index (κ1) is 15.0. The summed E-state index contributed by atoms with van der Waals surface area (Å²) in [6.07, 6.45) is 11.2. The van der Waals surface area contributed by atoms with Crippen LogP contribution in [0.2, 0.25) is 0 Å². The smallest absolute Gasteiger partial charge is 0.207 e. The number of sulfonamides is 1. The molecule has 0 aromatic heterocycles. The normalized spacial score (nSPS) is 21.2. The second kappa shape index (κ2) is 6.86. The quantitative estimate of drug-likeness (QED) is 0.784. The summed E-state index contributed by atoms with van der Waals surface area (Å²) in [7, 11) is -3.42. The first-order valence-electron chi connectivity index (χ1n) is 6.97. The summed E-state index contributed by atoms with van der Waals surface area (Å²) in [5.74, 6) is 0. The molecule has 0 radical (unpaired) electrons. The highest BCUT2D eigenvalue weighted by Gasteiger charge is 2.22. The molecule has 0 bridgehead atoms. The van der Waals surface area contributed by atoms with Gasteiger partial charge >= 0.3 is 0 Å². The van der Waals surface area contributed by atoms with Crippen molar-refractivity contribution in [1.29, 1.82) is 0 Å². The minimum absolute atomic E-state index is 0.363. The Morgan fingerprint density at radius 3 is 2.00 bits per heavy atom. The van der Waals surface area contributed by atoms with Gasteiger partial charge in [-0.05, 0) is 38.3 Å². The molecule has 1 aliphatic heterocycles. The molecule has 0 atom stereocenters. The van der Waals surface area contributed by atoms with Gasteiger partial charge in [0, 0.05) is 13.1 Å². The summed E-state index contributed by atoms with van der Waals surface area (Å²) in [4.78, 5) is 0.363. The monoisotopic (exact) mass is 291 g/mol. The SMILES string of the molecule is Cc1ccc(S(=O)(=O)N2C/C=C\CCC/C=C/C2)cc1. The summed E-state index contributed by atoms with van der Waals surface area (Å²) >= 11 is 0. The molecule has 0 spiro atoms. The third kappa shape index (κ3) is 3.81. The van der Waals surface area contributed by atoms with Gasteiger partial charge < -0.3 is 0 Å². The van der Waals surface area contributed by atoms with E-state index in [1.54, 1.807) is 12.1 Å². The fourth-order valence-corrected chi connectivity index (χ4v) is 3.45. The minimum atomic E-state index is -3.42. The Bertz CT molecular complexity index is 569. The molecule has 108 valence electrons. The highest BCUT2D eigenvalue weighted by atomic mass is 32.2. The summed E-state index contributed by atoms with van der Waals surface area (Å²) in [5.41, 5.74) is 1.06. The number of hydrogen-bond donors (Lipinski definition) is 0. The van der Waals surface area contributed by atoms with Crippen LogP contribution in [0.15, 0.2) is 53.5 Å². The van der Waals surface area contributed by atoms with Crippen LogP contribution in [0.1, 0.15) is 24.8 Å². The van der Waals surface area contributed by atoms with Crippen LogP contribution >= 0.6 is 0 Å². The van der Waals surface area contributed by atoms with E-state index >= 15 is 0 Å². The van der Waals surface area contributed by atoms with Gasteiger partial charge in [-0.25, -0.2) is 8.42 Å². The summed E-state index contributed by atoms with van der Waals surface area (Å²) in [6.45, 7) is 2.81. The summed E-state index contributed by atoms with van der Waals surface area (Å²) < 4.78 is 26.7. The van der Waals surface area contributed by atoms with Crippen molar-refractivity contribution in [2.24, 2.45) is 0 Å². The maximum Gasteiger partial charge on any atom is 0.243 e. The van der Waals surface area contributed by atoms with Gasteiger partial charge in [-0.3, -0.25) is 0 Å². The van der Waals surface area contributed by atoms with Gasteiger partial charge in [-0.15, -0.1) is 0 Å². The van der Waals surface area contributed by atoms with Crippen LogP contribution < -0.4 is 0 Å².